The second kappa shape index (κ2) is 4.76. The molecule has 0 spiro atoms. The molecule has 0 amide bonds. The SMILES string of the molecule is Cc1ccc2c(c1)C(CNC1CCCC1)=CS2(=O)=O. The number of rotatable bonds is 3. The fraction of sp³-hybridized carbons (Fsp3) is 0.467. The molecule has 0 saturated heterocycles. The Kier molecular flexibility index (Phi) is 3.23. The van der Waals surface area contributed by atoms with E-state index in [1.165, 1.54) is 31.1 Å². The molecule has 3 nitrogen and oxygen atoms in total. The van der Waals surface area contributed by atoms with Crippen LogP contribution in [0.3, 0.4) is 0 Å². The van der Waals surface area contributed by atoms with E-state index < -0.39 is 9.84 Å². The van der Waals surface area contributed by atoms with Crippen LogP contribution in [0.25, 0.3) is 5.57 Å². The van der Waals surface area contributed by atoms with Crippen LogP contribution in [0, 0.1) is 6.92 Å². The Morgan fingerprint density at radius 1 is 1.26 bits per heavy atom. The molecule has 1 N–H and O–H groups in total. The molecule has 0 bridgehead atoms. The second-order valence-corrected chi connectivity index (χ2v) is 7.32. The number of hydrogen-bond donors (Lipinski definition) is 1. The van der Waals surface area contributed by atoms with E-state index in [1.54, 1.807) is 6.07 Å². The highest BCUT2D eigenvalue weighted by Crippen LogP contribution is 2.33. The van der Waals surface area contributed by atoms with E-state index in [9.17, 15) is 8.42 Å². The lowest BCUT2D eigenvalue weighted by Gasteiger charge is -2.12. The molecule has 1 aromatic carbocycles. The quantitative estimate of drug-likeness (QED) is 0.924. The smallest absolute Gasteiger partial charge is 0.200 e. The maximum absolute atomic E-state index is 12.1. The van der Waals surface area contributed by atoms with Gasteiger partial charge >= 0.3 is 0 Å². The van der Waals surface area contributed by atoms with Gasteiger partial charge in [-0.2, -0.15) is 0 Å². The molecule has 1 aliphatic heterocycles. The van der Waals surface area contributed by atoms with Crippen molar-refractivity contribution in [2.45, 2.75) is 43.5 Å². The monoisotopic (exact) mass is 277 g/mol. The number of hydrogen-bond acceptors (Lipinski definition) is 3. The molecule has 0 radical (unpaired) electrons. The van der Waals surface area contributed by atoms with Gasteiger partial charge in [-0.05, 0) is 37.0 Å². The molecular formula is C15H19NO2S. The van der Waals surface area contributed by atoms with Crippen molar-refractivity contribution < 1.29 is 8.42 Å². The molecule has 0 aromatic heterocycles. The van der Waals surface area contributed by atoms with E-state index in [4.69, 9.17) is 0 Å². The molecule has 1 aliphatic carbocycles. The molecule has 102 valence electrons. The van der Waals surface area contributed by atoms with Crippen LogP contribution in [0.2, 0.25) is 0 Å². The Hall–Kier alpha value is -1.13. The van der Waals surface area contributed by atoms with Crippen molar-refractivity contribution in [3.05, 3.63) is 34.7 Å². The molecule has 1 saturated carbocycles. The molecule has 4 heteroatoms. The second-order valence-electron chi connectivity index (χ2n) is 5.55. The fourth-order valence-corrected chi connectivity index (χ4v) is 4.44. The highest BCUT2D eigenvalue weighted by atomic mass is 32.2. The van der Waals surface area contributed by atoms with Gasteiger partial charge in [-0.3, -0.25) is 0 Å². The minimum Gasteiger partial charge on any atom is -0.310 e. The topological polar surface area (TPSA) is 46.2 Å². The van der Waals surface area contributed by atoms with Crippen molar-refractivity contribution in [2.75, 3.05) is 6.54 Å². The lowest BCUT2D eigenvalue weighted by Crippen LogP contribution is -2.27. The van der Waals surface area contributed by atoms with Crippen LogP contribution in [-0.2, 0) is 9.84 Å². The highest BCUT2D eigenvalue weighted by molar-refractivity contribution is 7.95. The Morgan fingerprint density at radius 2 is 2.00 bits per heavy atom. The van der Waals surface area contributed by atoms with E-state index in [2.05, 4.69) is 5.32 Å². The Balaban J connectivity index is 1.84. The molecule has 0 atom stereocenters. The summed E-state index contributed by atoms with van der Waals surface area (Å²) in [5, 5.41) is 4.92. The van der Waals surface area contributed by atoms with Crippen molar-refractivity contribution in [3.8, 4) is 0 Å². The van der Waals surface area contributed by atoms with Gasteiger partial charge in [-0.1, -0.05) is 30.5 Å². The summed E-state index contributed by atoms with van der Waals surface area (Å²) in [6.07, 6.45) is 4.98. The first kappa shape index (κ1) is 12.9. The Labute approximate surface area is 114 Å². The van der Waals surface area contributed by atoms with Gasteiger partial charge in [0.25, 0.3) is 0 Å². The highest BCUT2D eigenvalue weighted by Gasteiger charge is 2.27. The van der Waals surface area contributed by atoms with E-state index >= 15 is 0 Å². The first-order chi connectivity index (χ1) is 9.06. The molecule has 1 heterocycles. The predicted octanol–water partition coefficient (Wildman–Crippen LogP) is 2.66. The van der Waals surface area contributed by atoms with E-state index in [0.717, 1.165) is 16.7 Å². The number of sulfone groups is 1. The number of aryl methyl sites for hydroxylation is 1. The van der Waals surface area contributed by atoms with Crippen LogP contribution in [0.5, 0.6) is 0 Å². The molecule has 19 heavy (non-hydrogen) atoms. The van der Waals surface area contributed by atoms with Crippen LogP contribution in [0.4, 0.5) is 0 Å². The third-order valence-electron chi connectivity index (χ3n) is 4.02. The lowest BCUT2D eigenvalue weighted by molar-refractivity contribution is 0.560. The molecule has 3 rings (SSSR count). The molecule has 1 fully saturated rings. The van der Waals surface area contributed by atoms with Crippen molar-refractivity contribution in [1.82, 2.24) is 5.32 Å². The molecular weight excluding hydrogens is 258 g/mol. The minimum atomic E-state index is -3.22. The zero-order valence-electron chi connectivity index (χ0n) is 11.1. The largest absolute Gasteiger partial charge is 0.310 e. The predicted molar refractivity (Wildman–Crippen MR) is 76.6 cm³/mol. The standard InChI is InChI=1S/C15H19NO2S/c1-11-6-7-15-14(8-11)12(10-19(15,17)18)9-16-13-4-2-3-5-13/h6-8,10,13,16H,2-5,9H2,1H3. The van der Waals surface area contributed by atoms with E-state index in [-0.39, 0.29) is 0 Å². The first-order valence-electron chi connectivity index (χ1n) is 6.86. The summed E-state index contributed by atoms with van der Waals surface area (Å²) in [5.41, 5.74) is 2.89. The summed E-state index contributed by atoms with van der Waals surface area (Å²) >= 11 is 0. The lowest BCUT2D eigenvalue weighted by atomic mass is 10.0. The zero-order valence-corrected chi connectivity index (χ0v) is 12.0. The average molecular weight is 277 g/mol. The van der Waals surface area contributed by atoms with Crippen LogP contribution in [-0.4, -0.2) is 21.0 Å². The summed E-state index contributed by atoms with van der Waals surface area (Å²) in [6, 6.07) is 6.11. The summed E-state index contributed by atoms with van der Waals surface area (Å²) in [4.78, 5) is 0.460. The van der Waals surface area contributed by atoms with Crippen molar-refractivity contribution >= 4 is 15.4 Å². The van der Waals surface area contributed by atoms with Gasteiger partial charge in [0.05, 0.1) is 4.90 Å². The third kappa shape index (κ3) is 2.47. The van der Waals surface area contributed by atoms with Gasteiger partial charge in [0.2, 0.25) is 9.84 Å². The Bertz CT molecular complexity index is 626. The summed E-state index contributed by atoms with van der Waals surface area (Å²) in [6.45, 7) is 2.65. The maximum atomic E-state index is 12.1. The van der Waals surface area contributed by atoms with E-state index in [0.29, 0.717) is 17.5 Å². The van der Waals surface area contributed by atoms with Gasteiger partial charge < -0.3 is 5.32 Å². The number of benzene rings is 1. The van der Waals surface area contributed by atoms with Crippen molar-refractivity contribution in [3.63, 3.8) is 0 Å². The Morgan fingerprint density at radius 3 is 2.74 bits per heavy atom. The van der Waals surface area contributed by atoms with Gasteiger partial charge in [0.15, 0.2) is 0 Å². The minimum absolute atomic E-state index is 0.460. The average Bonchev–Trinajstić information content (AvgIpc) is 2.94. The van der Waals surface area contributed by atoms with E-state index in [1.807, 2.05) is 19.1 Å². The number of nitrogens with one attached hydrogen (secondary N) is 1. The molecule has 2 aliphatic rings. The van der Waals surface area contributed by atoms with Gasteiger partial charge in [-0.25, -0.2) is 8.42 Å². The fourth-order valence-electron chi connectivity index (χ4n) is 2.98. The zero-order chi connectivity index (χ0) is 13.5. The van der Waals surface area contributed by atoms with Crippen LogP contribution in [0.1, 0.15) is 36.8 Å². The van der Waals surface area contributed by atoms with Gasteiger partial charge in [0.1, 0.15) is 0 Å². The maximum Gasteiger partial charge on any atom is 0.200 e. The summed E-state index contributed by atoms with van der Waals surface area (Å²) in [5.74, 6) is 0. The normalized spacial score (nSPS) is 21.4. The van der Waals surface area contributed by atoms with Crippen LogP contribution >= 0.6 is 0 Å². The van der Waals surface area contributed by atoms with Crippen molar-refractivity contribution in [2.24, 2.45) is 0 Å². The summed E-state index contributed by atoms with van der Waals surface area (Å²) < 4.78 is 24.1. The van der Waals surface area contributed by atoms with Crippen LogP contribution < -0.4 is 5.32 Å². The number of fused-ring (bicyclic) bond motifs is 1. The summed E-state index contributed by atoms with van der Waals surface area (Å²) in [7, 11) is -3.22. The molecule has 1 aromatic rings. The van der Waals surface area contributed by atoms with Crippen molar-refractivity contribution in [1.29, 1.82) is 0 Å². The van der Waals surface area contributed by atoms with Gasteiger partial charge in [-0.15, -0.1) is 0 Å². The van der Waals surface area contributed by atoms with Crippen LogP contribution in [0.15, 0.2) is 28.5 Å². The van der Waals surface area contributed by atoms with Gasteiger partial charge in [0, 0.05) is 18.0 Å². The first-order valence-corrected chi connectivity index (χ1v) is 8.41. The molecule has 0 unspecified atom stereocenters. The third-order valence-corrected chi connectivity index (χ3v) is 5.59.